The first kappa shape index (κ1) is 11.0. The topological polar surface area (TPSA) is 28.2 Å². The second-order valence-electron chi connectivity index (χ2n) is 3.60. The minimum Gasteiger partial charge on any atom is -0.373 e. The van der Waals surface area contributed by atoms with Crippen LogP contribution in [0.4, 0.5) is 5.69 Å². The lowest BCUT2D eigenvalue weighted by atomic mass is 10.2. The van der Waals surface area contributed by atoms with Crippen molar-refractivity contribution in [2.75, 3.05) is 32.1 Å². The van der Waals surface area contributed by atoms with Crippen LogP contribution in [0.5, 0.6) is 0 Å². The first-order valence-electron chi connectivity index (χ1n) is 5.01. The van der Waals surface area contributed by atoms with E-state index in [4.69, 9.17) is 0 Å². The van der Waals surface area contributed by atoms with Crippen molar-refractivity contribution < 1.29 is 0 Å². The van der Waals surface area contributed by atoms with Crippen molar-refractivity contribution in [3.05, 3.63) is 24.0 Å². The Morgan fingerprint density at radius 2 is 2.21 bits per heavy atom. The smallest absolute Gasteiger partial charge is 0.0552 e. The fraction of sp³-hybridized carbons (Fsp3) is 0.545. The fourth-order valence-electron chi connectivity index (χ4n) is 1.37. The molecule has 0 atom stereocenters. The average Bonchev–Trinajstić information content (AvgIpc) is 2.18. The minimum absolute atomic E-state index is 1.06. The van der Waals surface area contributed by atoms with Gasteiger partial charge in [0.1, 0.15) is 0 Å². The van der Waals surface area contributed by atoms with E-state index in [1.54, 1.807) is 0 Å². The zero-order valence-corrected chi connectivity index (χ0v) is 9.25. The lowest BCUT2D eigenvalue weighted by Gasteiger charge is -2.18. The highest BCUT2D eigenvalue weighted by molar-refractivity contribution is 5.44. The van der Waals surface area contributed by atoms with Gasteiger partial charge in [0.05, 0.1) is 11.9 Å². The van der Waals surface area contributed by atoms with Gasteiger partial charge in [-0.3, -0.25) is 4.98 Å². The highest BCUT2D eigenvalue weighted by atomic mass is 15.1. The highest BCUT2D eigenvalue weighted by Gasteiger charge is 2.00. The maximum atomic E-state index is 4.18. The van der Waals surface area contributed by atoms with Crippen LogP contribution in [0.1, 0.15) is 12.0 Å². The van der Waals surface area contributed by atoms with Crippen LogP contribution >= 0.6 is 0 Å². The van der Waals surface area contributed by atoms with Gasteiger partial charge in [0.15, 0.2) is 0 Å². The third-order valence-electron chi connectivity index (χ3n) is 2.22. The van der Waals surface area contributed by atoms with Crippen molar-refractivity contribution in [3.8, 4) is 0 Å². The maximum absolute atomic E-state index is 4.18. The quantitative estimate of drug-likeness (QED) is 0.717. The molecular weight excluding hydrogens is 174 g/mol. The van der Waals surface area contributed by atoms with Crippen molar-refractivity contribution in [1.29, 1.82) is 0 Å². The minimum atomic E-state index is 1.06. The number of rotatable bonds is 5. The van der Waals surface area contributed by atoms with E-state index in [0.29, 0.717) is 0 Å². The molecule has 0 aromatic carbocycles. The van der Waals surface area contributed by atoms with Gasteiger partial charge in [0, 0.05) is 19.8 Å². The molecular formula is C11H19N3. The number of nitrogens with one attached hydrogen (secondary N) is 1. The van der Waals surface area contributed by atoms with Gasteiger partial charge in [-0.15, -0.1) is 0 Å². The van der Waals surface area contributed by atoms with E-state index < -0.39 is 0 Å². The van der Waals surface area contributed by atoms with E-state index in [1.165, 1.54) is 11.3 Å². The van der Waals surface area contributed by atoms with Crippen LogP contribution in [0, 0.1) is 6.92 Å². The van der Waals surface area contributed by atoms with E-state index in [2.05, 4.69) is 35.2 Å². The molecule has 0 saturated carbocycles. The molecule has 1 heterocycles. The van der Waals surface area contributed by atoms with Gasteiger partial charge in [0.2, 0.25) is 0 Å². The van der Waals surface area contributed by atoms with Gasteiger partial charge >= 0.3 is 0 Å². The Balaban J connectivity index is 2.47. The van der Waals surface area contributed by atoms with Crippen LogP contribution in [-0.4, -0.2) is 32.2 Å². The largest absolute Gasteiger partial charge is 0.373 e. The van der Waals surface area contributed by atoms with Crippen molar-refractivity contribution >= 4 is 5.69 Å². The fourth-order valence-corrected chi connectivity index (χ4v) is 1.37. The third kappa shape index (κ3) is 3.34. The van der Waals surface area contributed by atoms with E-state index in [9.17, 15) is 0 Å². The van der Waals surface area contributed by atoms with Crippen LogP contribution in [0.15, 0.2) is 18.5 Å². The zero-order valence-electron chi connectivity index (χ0n) is 9.25. The Morgan fingerprint density at radius 1 is 1.43 bits per heavy atom. The third-order valence-corrected chi connectivity index (χ3v) is 2.22. The lowest BCUT2D eigenvalue weighted by Crippen LogP contribution is -2.22. The van der Waals surface area contributed by atoms with Crippen LogP contribution in [0.2, 0.25) is 0 Å². The standard InChI is InChI=1S/C11H19N3/c1-10-7-11(9-13-8-10)14(3)6-4-5-12-2/h7-9,12H,4-6H2,1-3H3. The summed E-state index contributed by atoms with van der Waals surface area (Å²) < 4.78 is 0. The number of hydrogen-bond donors (Lipinski definition) is 1. The molecule has 1 N–H and O–H groups in total. The van der Waals surface area contributed by atoms with Gasteiger partial charge in [-0.1, -0.05) is 0 Å². The molecule has 0 aliphatic heterocycles. The summed E-state index contributed by atoms with van der Waals surface area (Å²) in [7, 11) is 4.08. The lowest BCUT2D eigenvalue weighted by molar-refractivity contribution is 0.712. The number of aryl methyl sites for hydroxylation is 1. The van der Waals surface area contributed by atoms with E-state index in [-0.39, 0.29) is 0 Å². The summed E-state index contributed by atoms with van der Waals surface area (Å²) in [6, 6.07) is 2.16. The first-order chi connectivity index (χ1) is 6.74. The summed E-state index contributed by atoms with van der Waals surface area (Å²) in [4.78, 5) is 6.41. The molecule has 0 fully saturated rings. The number of pyridine rings is 1. The molecule has 0 aliphatic carbocycles. The Labute approximate surface area is 86.2 Å². The van der Waals surface area contributed by atoms with Gasteiger partial charge in [-0.2, -0.15) is 0 Å². The first-order valence-corrected chi connectivity index (χ1v) is 5.01. The zero-order chi connectivity index (χ0) is 10.4. The van der Waals surface area contributed by atoms with Crippen molar-refractivity contribution in [2.45, 2.75) is 13.3 Å². The molecule has 14 heavy (non-hydrogen) atoms. The summed E-state index contributed by atoms with van der Waals surface area (Å²) in [5.74, 6) is 0. The van der Waals surface area contributed by atoms with Gasteiger partial charge < -0.3 is 10.2 Å². The van der Waals surface area contributed by atoms with Crippen molar-refractivity contribution in [2.24, 2.45) is 0 Å². The Kier molecular flexibility index (Phi) is 4.40. The summed E-state index contributed by atoms with van der Waals surface area (Å²) >= 11 is 0. The van der Waals surface area contributed by atoms with E-state index >= 15 is 0 Å². The molecule has 1 aromatic heterocycles. The van der Waals surface area contributed by atoms with E-state index in [1.807, 2.05) is 19.4 Å². The second-order valence-corrected chi connectivity index (χ2v) is 3.60. The van der Waals surface area contributed by atoms with Crippen molar-refractivity contribution in [1.82, 2.24) is 10.3 Å². The molecule has 0 amide bonds. The van der Waals surface area contributed by atoms with Crippen LogP contribution < -0.4 is 10.2 Å². The Hall–Kier alpha value is -1.09. The van der Waals surface area contributed by atoms with E-state index in [0.717, 1.165) is 19.5 Å². The molecule has 0 radical (unpaired) electrons. The molecule has 78 valence electrons. The average molecular weight is 193 g/mol. The Bertz CT molecular complexity index is 273. The number of hydrogen-bond acceptors (Lipinski definition) is 3. The van der Waals surface area contributed by atoms with Gasteiger partial charge in [-0.25, -0.2) is 0 Å². The summed E-state index contributed by atoms with van der Waals surface area (Å²) in [6.07, 6.45) is 4.94. The summed E-state index contributed by atoms with van der Waals surface area (Å²) in [5.41, 5.74) is 2.41. The molecule has 0 aliphatic rings. The highest BCUT2D eigenvalue weighted by Crippen LogP contribution is 2.11. The second kappa shape index (κ2) is 5.60. The molecule has 1 rings (SSSR count). The predicted molar refractivity (Wildman–Crippen MR) is 60.8 cm³/mol. The molecule has 1 aromatic rings. The van der Waals surface area contributed by atoms with Crippen LogP contribution in [0.3, 0.4) is 0 Å². The Morgan fingerprint density at radius 3 is 2.86 bits per heavy atom. The van der Waals surface area contributed by atoms with Crippen LogP contribution in [0.25, 0.3) is 0 Å². The molecule has 3 nitrogen and oxygen atoms in total. The number of aromatic nitrogens is 1. The monoisotopic (exact) mass is 193 g/mol. The molecule has 0 saturated heterocycles. The number of nitrogens with zero attached hydrogens (tertiary/aromatic N) is 2. The SMILES string of the molecule is CNCCCN(C)c1cncc(C)c1. The molecule has 0 bridgehead atoms. The summed E-state index contributed by atoms with van der Waals surface area (Å²) in [6.45, 7) is 4.19. The summed E-state index contributed by atoms with van der Waals surface area (Å²) in [5, 5.41) is 3.14. The normalized spacial score (nSPS) is 10.2. The predicted octanol–water partition coefficient (Wildman–Crippen LogP) is 1.44. The van der Waals surface area contributed by atoms with Gasteiger partial charge in [0.25, 0.3) is 0 Å². The van der Waals surface area contributed by atoms with Gasteiger partial charge in [-0.05, 0) is 38.6 Å². The maximum Gasteiger partial charge on any atom is 0.0552 e. The number of anilines is 1. The molecule has 0 unspecified atom stereocenters. The molecule has 0 spiro atoms. The molecule has 3 heteroatoms. The van der Waals surface area contributed by atoms with Crippen molar-refractivity contribution in [3.63, 3.8) is 0 Å². The van der Waals surface area contributed by atoms with Crippen LogP contribution in [-0.2, 0) is 0 Å².